The molecule has 2 N–H and O–H groups in total. The van der Waals surface area contributed by atoms with Crippen LogP contribution in [0.1, 0.15) is 50.2 Å². The fraction of sp³-hybridized carbons (Fsp3) is 0.600. The maximum Gasteiger partial charge on any atom is 0.313 e. The minimum Gasteiger partial charge on any atom is -0.389 e. The fourth-order valence-corrected chi connectivity index (χ4v) is 4.21. The summed E-state index contributed by atoms with van der Waals surface area (Å²) in [5.74, 6) is -0.990. The summed E-state index contributed by atoms with van der Waals surface area (Å²) in [7, 11) is 0. The molecular formula is C20H28N2O3. The molecule has 2 aliphatic rings. The average molecular weight is 344 g/mol. The number of fused-ring (bicyclic) bond motifs is 1. The summed E-state index contributed by atoms with van der Waals surface area (Å²) in [6.07, 6.45) is 5.34. The second kappa shape index (κ2) is 7.16. The van der Waals surface area contributed by atoms with Crippen LogP contribution in [-0.4, -0.2) is 40.5 Å². The molecule has 1 aliphatic heterocycles. The molecule has 1 aromatic carbocycles. The Morgan fingerprint density at radius 3 is 2.88 bits per heavy atom. The van der Waals surface area contributed by atoms with E-state index in [4.69, 9.17) is 0 Å². The first-order valence-electron chi connectivity index (χ1n) is 9.35. The fourth-order valence-electron chi connectivity index (χ4n) is 4.21. The number of anilines is 1. The standard InChI is InChI=1S/C20H28N2O3/c1-3-15-12-17(8-7-14(15)2)21-18(23)19(24)22-11-10-20(25)9-5-4-6-16(20)13-22/h7-8,12,16,25H,3-6,9-11,13H2,1-2H3,(H,21,23). The van der Waals surface area contributed by atoms with Crippen LogP contribution in [0.5, 0.6) is 0 Å². The van der Waals surface area contributed by atoms with Gasteiger partial charge in [0.25, 0.3) is 0 Å². The normalized spacial score (nSPS) is 26.0. The van der Waals surface area contributed by atoms with Crippen LogP contribution < -0.4 is 5.32 Å². The highest BCUT2D eigenvalue weighted by molar-refractivity contribution is 6.39. The maximum atomic E-state index is 12.5. The van der Waals surface area contributed by atoms with E-state index >= 15 is 0 Å². The molecule has 0 aromatic heterocycles. The summed E-state index contributed by atoms with van der Waals surface area (Å²) in [6, 6.07) is 5.72. The van der Waals surface area contributed by atoms with E-state index in [2.05, 4.69) is 12.2 Å². The molecule has 2 unspecified atom stereocenters. The molecule has 1 aromatic rings. The van der Waals surface area contributed by atoms with Crippen molar-refractivity contribution in [1.82, 2.24) is 4.90 Å². The van der Waals surface area contributed by atoms with Crippen molar-refractivity contribution in [2.75, 3.05) is 18.4 Å². The van der Waals surface area contributed by atoms with E-state index in [9.17, 15) is 14.7 Å². The summed E-state index contributed by atoms with van der Waals surface area (Å²) < 4.78 is 0. The van der Waals surface area contributed by atoms with Crippen molar-refractivity contribution in [1.29, 1.82) is 0 Å². The minimum atomic E-state index is -0.640. The summed E-state index contributed by atoms with van der Waals surface area (Å²) in [4.78, 5) is 26.5. The van der Waals surface area contributed by atoms with E-state index in [0.717, 1.165) is 37.7 Å². The van der Waals surface area contributed by atoms with E-state index in [-0.39, 0.29) is 5.92 Å². The third-order valence-corrected chi connectivity index (χ3v) is 5.90. The van der Waals surface area contributed by atoms with Gasteiger partial charge in [0.2, 0.25) is 0 Å². The van der Waals surface area contributed by atoms with Gasteiger partial charge in [-0.15, -0.1) is 0 Å². The number of nitrogens with one attached hydrogen (secondary N) is 1. The topological polar surface area (TPSA) is 69.6 Å². The summed E-state index contributed by atoms with van der Waals surface area (Å²) >= 11 is 0. The van der Waals surface area contributed by atoms with Gasteiger partial charge in [0.1, 0.15) is 0 Å². The molecule has 3 rings (SSSR count). The lowest BCUT2D eigenvalue weighted by molar-refractivity contribution is -0.151. The first-order valence-corrected chi connectivity index (χ1v) is 9.35. The van der Waals surface area contributed by atoms with Crippen molar-refractivity contribution in [2.45, 2.75) is 58.0 Å². The van der Waals surface area contributed by atoms with E-state index in [1.54, 1.807) is 4.90 Å². The van der Waals surface area contributed by atoms with Gasteiger partial charge in [-0.3, -0.25) is 9.59 Å². The summed E-state index contributed by atoms with van der Waals surface area (Å²) in [5.41, 5.74) is 2.36. The number of piperidine rings is 1. The quantitative estimate of drug-likeness (QED) is 0.811. The number of hydrogen-bond donors (Lipinski definition) is 2. The van der Waals surface area contributed by atoms with Crippen molar-refractivity contribution in [3.8, 4) is 0 Å². The van der Waals surface area contributed by atoms with Crippen molar-refractivity contribution < 1.29 is 14.7 Å². The Morgan fingerprint density at radius 1 is 1.32 bits per heavy atom. The number of aliphatic hydroxyl groups is 1. The lowest BCUT2D eigenvalue weighted by Gasteiger charge is -2.47. The van der Waals surface area contributed by atoms with Crippen molar-refractivity contribution in [3.05, 3.63) is 29.3 Å². The SMILES string of the molecule is CCc1cc(NC(=O)C(=O)N2CCC3(O)CCCCC3C2)ccc1C. The molecule has 1 saturated carbocycles. The lowest BCUT2D eigenvalue weighted by atomic mass is 9.71. The molecule has 1 aliphatic carbocycles. The Balaban J connectivity index is 1.64. The summed E-state index contributed by atoms with van der Waals surface area (Å²) in [5, 5.41) is 13.4. The van der Waals surface area contributed by atoms with Crippen LogP contribution >= 0.6 is 0 Å². The van der Waals surface area contributed by atoms with E-state index in [1.807, 2.05) is 25.1 Å². The molecule has 136 valence electrons. The Bertz CT molecular complexity index is 673. The highest BCUT2D eigenvalue weighted by Gasteiger charge is 2.44. The van der Waals surface area contributed by atoms with Gasteiger partial charge in [-0.05, 0) is 55.9 Å². The smallest absolute Gasteiger partial charge is 0.313 e. The number of carbonyl (C=O) groups is 2. The zero-order valence-electron chi connectivity index (χ0n) is 15.2. The number of amides is 2. The predicted molar refractivity (Wildman–Crippen MR) is 97.3 cm³/mol. The van der Waals surface area contributed by atoms with Gasteiger partial charge in [-0.25, -0.2) is 0 Å². The maximum absolute atomic E-state index is 12.5. The average Bonchev–Trinajstić information content (AvgIpc) is 2.61. The molecule has 5 heteroatoms. The number of rotatable bonds is 2. The highest BCUT2D eigenvalue weighted by atomic mass is 16.3. The Kier molecular flexibility index (Phi) is 5.13. The zero-order chi connectivity index (χ0) is 18.0. The largest absolute Gasteiger partial charge is 0.389 e. The molecule has 0 radical (unpaired) electrons. The monoisotopic (exact) mass is 344 g/mol. The third-order valence-electron chi connectivity index (χ3n) is 5.90. The Labute approximate surface area is 149 Å². The van der Waals surface area contributed by atoms with Crippen LogP contribution in [-0.2, 0) is 16.0 Å². The van der Waals surface area contributed by atoms with Crippen LogP contribution in [0.25, 0.3) is 0 Å². The van der Waals surface area contributed by atoms with Crippen molar-refractivity contribution in [3.63, 3.8) is 0 Å². The van der Waals surface area contributed by atoms with Crippen LogP contribution in [0.4, 0.5) is 5.69 Å². The molecule has 1 heterocycles. The van der Waals surface area contributed by atoms with E-state index in [1.165, 1.54) is 5.56 Å². The van der Waals surface area contributed by atoms with Crippen molar-refractivity contribution in [2.24, 2.45) is 5.92 Å². The molecule has 5 nitrogen and oxygen atoms in total. The second-order valence-corrected chi connectivity index (χ2v) is 7.50. The number of aryl methyl sites for hydroxylation is 2. The first kappa shape index (κ1) is 17.9. The summed E-state index contributed by atoms with van der Waals surface area (Å²) in [6.45, 7) is 5.04. The number of nitrogens with zero attached hydrogens (tertiary/aromatic N) is 1. The minimum absolute atomic E-state index is 0.0952. The Hall–Kier alpha value is -1.88. The molecule has 2 atom stereocenters. The van der Waals surface area contributed by atoms with Gasteiger partial charge in [0.05, 0.1) is 5.60 Å². The van der Waals surface area contributed by atoms with Crippen molar-refractivity contribution >= 4 is 17.5 Å². The molecular weight excluding hydrogens is 316 g/mol. The van der Waals surface area contributed by atoms with Gasteiger partial charge in [-0.2, -0.15) is 0 Å². The third kappa shape index (κ3) is 3.71. The van der Waals surface area contributed by atoms with E-state index in [0.29, 0.717) is 25.2 Å². The lowest BCUT2D eigenvalue weighted by Crippen LogP contribution is -2.56. The molecule has 25 heavy (non-hydrogen) atoms. The Morgan fingerprint density at radius 2 is 2.12 bits per heavy atom. The van der Waals surface area contributed by atoms with Crippen LogP contribution in [0, 0.1) is 12.8 Å². The van der Waals surface area contributed by atoms with Gasteiger partial charge in [-0.1, -0.05) is 25.8 Å². The zero-order valence-corrected chi connectivity index (χ0v) is 15.2. The molecule has 1 saturated heterocycles. The molecule has 2 fully saturated rings. The highest BCUT2D eigenvalue weighted by Crippen LogP contribution is 2.39. The molecule has 0 spiro atoms. The number of carbonyl (C=O) groups excluding carboxylic acids is 2. The van der Waals surface area contributed by atoms with Crippen LogP contribution in [0.15, 0.2) is 18.2 Å². The molecule has 0 bridgehead atoms. The predicted octanol–water partition coefficient (Wildman–Crippen LogP) is 2.65. The second-order valence-electron chi connectivity index (χ2n) is 7.50. The van der Waals surface area contributed by atoms with E-state index < -0.39 is 17.4 Å². The van der Waals surface area contributed by atoms with Gasteiger partial charge in [0, 0.05) is 24.7 Å². The van der Waals surface area contributed by atoms with Crippen LogP contribution in [0.2, 0.25) is 0 Å². The molecule has 2 amide bonds. The van der Waals surface area contributed by atoms with Gasteiger partial charge < -0.3 is 15.3 Å². The van der Waals surface area contributed by atoms with Crippen LogP contribution in [0.3, 0.4) is 0 Å². The number of hydrogen-bond acceptors (Lipinski definition) is 3. The van der Waals surface area contributed by atoms with Gasteiger partial charge >= 0.3 is 11.8 Å². The van der Waals surface area contributed by atoms with Gasteiger partial charge in [0.15, 0.2) is 0 Å². The number of benzene rings is 1. The first-order chi connectivity index (χ1) is 11.9. The number of likely N-dealkylation sites (tertiary alicyclic amines) is 1.